The van der Waals surface area contributed by atoms with Crippen molar-refractivity contribution < 1.29 is 9.53 Å². The maximum Gasteiger partial charge on any atom is 0.315 e. The minimum absolute atomic E-state index is 0.00300. The fourth-order valence-corrected chi connectivity index (χ4v) is 2.46. The Morgan fingerprint density at radius 1 is 1.45 bits per heavy atom. The molecule has 1 aliphatic heterocycles. The van der Waals surface area contributed by atoms with Gasteiger partial charge in [-0.15, -0.1) is 0 Å². The average molecular weight is 297 g/mol. The Balaban J connectivity index is 1.82. The molecular formula is C15H21ClN2O2. The minimum atomic E-state index is -0.151. The number of rotatable bonds is 5. The monoisotopic (exact) mass is 296 g/mol. The number of carbonyl (C=O) groups excluding carboxylic acids is 1. The van der Waals surface area contributed by atoms with Crippen molar-refractivity contribution in [1.29, 1.82) is 0 Å². The summed E-state index contributed by atoms with van der Waals surface area (Å²) in [6, 6.07) is 7.41. The minimum Gasteiger partial charge on any atom is -0.376 e. The largest absolute Gasteiger partial charge is 0.376 e. The highest BCUT2D eigenvalue weighted by Crippen LogP contribution is 2.19. The summed E-state index contributed by atoms with van der Waals surface area (Å²) in [5.41, 5.74) is 1.06. The molecule has 2 atom stereocenters. The fraction of sp³-hybridized carbons (Fsp3) is 0.533. The number of hydrogen-bond donors (Lipinski definition) is 2. The van der Waals surface area contributed by atoms with Crippen LogP contribution < -0.4 is 10.6 Å². The number of ether oxygens (including phenoxy) is 1. The van der Waals surface area contributed by atoms with Crippen LogP contribution in [0, 0.1) is 0 Å². The Morgan fingerprint density at radius 3 is 2.80 bits per heavy atom. The molecule has 4 nitrogen and oxygen atoms in total. The smallest absolute Gasteiger partial charge is 0.315 e. The van der Waals surface area contributed by atoms with Gasteiger partial charge in [-0.05, 0) is 37.0 Å². The van der Waals surface area contributed by atoms with Gasteiger partial charge in [0.1, 0.15) is 0 Å². The highest BCUT2D eigenvalue weighted by atomic mass is 35.5. The Bertz CT molecular complexity index is 430. The van der Waals surface area contributed by atoms with Crippen LogP contribution in [0.3, 0.4) is 0 Å². The van der Waals surface area contributed by atoms with E-state index in [1.165, 1.54) is 0 Å². The summed E-state index contributed by atoms with van der Waals surface area (Å²) in [6.07, 6.45) is 3.09. The standard InChI is InChI=1S/C15H21ClN2O2/c1-2-14(11-5-7-12(16)8-6-11)18-15(19)17-10-13-4-3-9-20-13/h5-8,13-14H,2-4,9-10H2,1H3,(H2,17,18,19)/t13-,14+/m1/s1. The van der Waals surface area contributed by atoms with Crippen molar-refractivity contribution in [3.05, 3.63) is 34.9 Å². The van der Waals surface area contributed by atoms with Crippen molar-refractivity contribution in [2.45, 2.75) is 38.3 Å². The number of benzene rings is 1. The lowest BCUT2D eigenvalue weighted by Crippen LogP contribution is -2.41. The summed E-state index contributed by atoms with van der Waals surface area (Å²) in [5, 5.41) is 6.55. The predicted octanol–water partition coefficient (Wildman–Crippen LogP) is 3.27. The summed E-state index contributed by atoms with van der Waals surface area (Å²) in [5.74, 6) is 0. The molecule has 1 heterocycles. The number of carbonyl (C=O) groups is 1. The summed E-state index contributed by atoms with van der Waals surface area (Å²) >= 11 is 5.87. The molecule has 5 heteroatoms. The van der Waals surface area contributed by atoms with E-state index >= 15 is 0 Å². The van der Waals surface area contributed by atoms with E-state index in [9.17, 15) is 4.79 Å². The van der Waals surface area contributed by atoms with Crippen molar-refractivity contribution in [1.82, 2.24) is 10.6 Å². The molecule has 0 saturated carbocycles. The van der Waals surface area contributed by atoms with Crippen molar-refractivity contribution >= 4 is 17.6 Å². The van der Waals surface area contributed by atoms with Crippen LogP contribution in [0.2, 0.25) is 5.02 Å². The first-order valence-electron chi connectivity index (χ1n) is 7.10. The number of urea groups is 1. The molecule has 1 aliphatic rings. The normalized spacial score (nSPS) is 19.6. The summed E-state index contributed by atoms with van der Waals surface area (Å²) in [7, 11) is 0. The second kappa shape index (κ2) is 7.50. The molecule has 1 aromatic rings. The number of hydrogen-bond acceptors (Lipinski definition) is 2. The van der Waals surface area contributed by atoms with Gasteiger partial charge in [0.2, 0.25) is 0 Å². The van der Waals surface area contributed by atoms with Crippen LogP contribution in [0.25, 0.3) is 0 Å². The van der Waals surface area contributed by atoms with Crippen molar-refractivity contribution in [3.63, 3.8) is 0 Å². The second-order valence-corrected chi connectivity index (χ2v) is 5.44. The van der Waals surface area contributed by atoms with Gasteiger partial charge in [-0.3, -0.25) is 0 Å². The van der Waals surface area contributed by atoms with Gasteiger partial charge in [0.25, 0.3) is 0 Å². The summed E-state index contributed by atoms with van der Waals surface area (Å²) in [4.78, 5) is 11.9. The lowest BCUT2D eigenvalue weighted by atomic mass is 10.1. The first kappa shape index (κ1) is 15.1. The van der Waals surface area contributed by atoms with E-state index in [2.05, 4.69) is 10.6 Å². The highest BCUT2D eigenvalue weighted by Gasteiger charge is 2.17. The quantitative estimate of drug-likeness (QED) is 0.876. The molecule has 0 bridgehead atoms. The van der Waals surface area contributed by atoms with E-state index < -0.39 is 0 Å². The topological polar surface area (TPSA) is 50.4 Å². The first-order chi connectivity index (χ1) is 9.69. The van der Waals surface area contributed by atoms with E-state index in [1.807, 2.05) is 31.2 Å². The molecule has 1 saturated heterocycles. The van der Waals surface area contributed by atoms with Crippen LogP contribution in [0.1, 0.15) is 37.8 Å². The molecule has 110 valence electrons. The zero-order valence-electron chi connectivity index (χ0n) is 11.7. The van der Waals surface area contributed by atoms with Crippen LogP contribution in [0.15, 0.2) is 24.3 Å². The fourth-order valence-electron chi connectivity index (χ4n) is 2.34. The third-order valence-electron chi connectivity index (χ3n) is 3.50. The van der Waals surface area contributed by atoms with Crippen molar-refractivity contribution in [2.75, 3.05) is 13.2 Å². The van der Waals surface area contributed by atoms with E-state index in [0.717, 1.165) is 31.4 Å². The second-order valence-electron chi connectivity index (χ2n) is 5.00. The average Bonchev–Trinajstić information content (AvgIpc) is 2.97. The Labute approximate surface area is 124 Å². The number of amides is 2. The molecule has 0 spiro atoms. The van der Waals surface area contributed by atoms with Crippen molar-refractivity contribution in [2.24, 2.45) is 0 Å². The Hall–Kier alpha value is -1.26. The van der Waals surface area contributed by atoms with Crippen LogP contribution in [-0.4, -0.2) is 25.3 Å². The maximum atomic E-state index is 11.9. The Morgan fingerprint density at radius 2 is 2.20 bits per heavy atom. The summed E-state index contributed by atoms with van der Waals surface area (Å²) < 4.78 is 5.48. The number of nitrogens with one attached hydrogen (secondary N) is 2. The van der Waals surface area contributed by atoms with Gasteiger partial charge in [0, 0.05) is 18.2 Å². The van der Waals surface area contributed by atoms with Gasteiger partial charge in [-0.1, -0.05) is 30.7 Å². The van der Waals surface area contributed by atoms with Crippen molar-refractivity contribution in [3.8, 4) is 0 Å². The van der Waals surface area contributed by atoms with E-state index in [-0.39, 0.29) is 18.2 Å². The highest BCUT2D eigenvalue weighted by molar-refractivity contribution is 6.30. The number of halogens is 1. The molecule has 2 N–H and O–H groups in total. The maximum absolute atomic E-state index is 11.9. The lowest BCUT2D eigenvalue weighted by Gasteiger charge is -2.19. The molecule has 0 radical (unpaired) electrons. The van der Waals surface area contributed by atoms with Gasteiger partial charge < -0.3 is 15.4 Å². The zero-order valence-corrected chi connectivity index (χ0v) is 12.5. The molecule has 1 aromatic carbocycles. The molecule has 20 heavy (non-hydrogen) atoms. The molecule has 0 aromatic heterocycles. The van der Waals surface area contributed by atoms with Gasteiger partial charge in [0.15, 0.2) is 0 Å². The van der Waals surface area contributed by atoms with Crippen LogP contribution in [0.4, 0.5) is 4.79 Å². The van der Waals surface area contributed by atoms with E-state index in [4.69, 9.17) is 16.3 Å². The van der Waals surface area contributed by atoms with E-state index in [1.54, 1.807) is 0 Å². The van der Waals surface area contributed by atoms with Crippen LogP contribution >= 0.6 is 11.6 Å². The molecule has 0 unspecified atom stereocenters. The van der Waals surface area contributed by atoms with Crippen LogP contribution in [0.5, 0.6) is 0 Å². The SMILES string of the molecule is CC[C@H](NC(=O)NC[C@H]1CCCO1)c1ccc(Cl)cc1. The van der Waals surface area contributed by atoms with Gasteiger partial charge in [-0.25, -0.2) is 4.79 Å². The third kappa shape index (κ3) is 4.39. The molecule has 2 amide bonds. The Kier molecular flexibility index (Phi) is 5.68. The molecule has 0 aliphatic carbocycles. The molecule has 1 fully saturated rings. The van der Waals surface area contributed by atoms with Gasteiger partial charge in [-0.2, -0.15) is 0 Å². The lowest BCUT2D eigenvalue weighted by molar-refractivity contribution is 0.111. The predicted molar refractivity (Wildman–Crippen MR) is 80.0 cm³/mol. The van der Waals surface area contributed by atoms with Gasteiger partial charge in [0.05, 0.1) is 12.1 Å². The summed E-state index contributed by atoms with van der Waals surface area (Å²) in [6.45, 7) is 3.42. The molecule has 2 rings (SSSR count). The third-order valence-corrected chi connectivity index (χ3v) is 3.75. The van der Waals surface area contributed by atoms with Crippen LogP contribution in [-0.2, 0) is 4.74 Å². The molecular weight excluding hydrogens is 276 g/mol. The first-order valence-corrected chi connectivity index (χ1v) is 7.48. The van der Waals surface area contributed by atoms with Gasteiger partial charge >= 0.3 is 6.03 Å². The van der Waals surface area contributed by atoms with E-state index in [0.29, 0.717) is 11.6 Å². The zero-order chi connectivity index (χ0) is 14.4.